The van der Waals surface area contributed by atoms with Crippen molar-refractivity contribution >= 4 is 34.9 Å². The van der Waals surface area contributed by atoms with Crippen LogP contribution < -0.4 is 5.32 Å². The topological polar surface area (TPSA) is 166 Å². The highest BCUT2D eigenvalue weighted by Gasteiger charge is 2.65. The third-order valence-corrected chi connectivity index (χ3v) is 5.61. The minimum Gasteiger partial charge on any atom is -0.370 e. The molecule has 0 atom stereocenters. The van der Waals surface area contributed by atoms with E-state index >= 15 is 0 Å². The Morgan fingerprint density at radius 3 is 1.66 bits per heavy atom. The van der Waals surface area contributed by atoms with Crippen molar-refractivity contribution < 1.29 is 27.9 Å². The summed E-state index contributed by atoms with van der Waals surface area (Å²) in [4.78, 5) is 30.9. The maximum Gasteiger partial charge on any atom is 0.442 e. The molecule has 3 aromatic rings. The summed E-state index contributed by atoms with van der Waals surface area (Å²) in [5, 5.41) is 42.7. The molecule has 4 rings (SSSR count). The largest absolute Gasteiger partial charge is 0.442 e. The van der Waals surface area contributed by atoms with Gasteiger partial charge in [-0.25, -0.2) is 0 Å². The molecule has 1 aliphatic rings. The third kappa shape index (κ3) is 5.16. The molecular formula is C23H15F3N6O6. The fourth-order valence-electron chi connectivity index (χ4n) is 3.57. The van der Waals surface area contributed by atoms with Crippen LogP contribution in [0.25, 0.3) is 12.2 Å². The zero-order valence-corrected chi connectivity index (χ0v) is 19.0. The molecule has 0 fully saturated rings. The summed E-state index contributed by atoms with van der Waals surface area (Å²) < 4.78 is 39.3. The number of hydrogen-bond acceptors (Lipinski definition) is 9. The molecule has 1 heterocycles. The molecule has 0 spiro atoms. The van der Waals surface area contributed by atoms with Gasteiger partial charge in [-0.15, -0.1) is 10.2 Å². The number of rotatable bonds is 9. The van der Waals surface area contributed by atoms with E-state index in [-0.39, 0.29) is 12.1 Å². The minimum atomic E-state index is -4.60. The lowest BCUT2D eigenvalue weighted by Crippen LogP contribution is -2.29. The van der Waals surface area contributed by atoms with Crippen molar-refractivity contribution in [2.24, 2.45) is 10.2 Å². The fourth-order valence-corrected chi connectivity index (χ4v) is 3.57. The highest BCUT2D eigenvalue weighted by molar-refractivity contribution is 5.77. The molecule has 0 saturated heterocycles. The van der Waals surface area contributed by atoms with Gasteiger partial charge in [0.1, 0.15) is 0 Å². The molecule has 0 aromatic heterocycles. The number of nitro benzene ring substituents is 3. The number of nitro groups is 3. The summed E-state index contributed by atoms with van der Waals surface area (Å²) in [5.41, 5.74) is -3.44. The first-order chi connectivity index (χ1) is 17.9. The summed E-state index contributed by atoms with van der Waals surface area (Å²) >= 11 is 0. The molecule has 194 valence electrons. The monoisotopic (exact) mass is 528 g/mol. The Balaban J connectivity index is 1.45. The van der Waals surface area contributed by atoms with Crippen LogP contribution in [0.2, 0.25) is 0 Å². The number of alkyl halides is 3. The number of non-ortho nitro benzene ring substituents is 1. The maximum absolute atomic E-state index is 13.1. The van der Waals surface area contributed by atoms with Gasteiger partial charge in [-0.3, -0.25) is 30.3 Å². The number of benzene rings is 3. The van der Waals surface area contributed by atoms with E-state index in [4.69, 9.17) is 0 Å². The zero-order chi connectivity index (χ0) is 27.7. The predicted molar refractivity (Wildman–Crippen MR) is 128 cm³/mol. The van der Waals surface area contributed by atoms with Gasteiger partial charge in [-0.2, -0.15) is 13.2 Å². The number of nitrogens with one attached hydrogen (secondary N) is 1. The summed E-state index contributed by atoms with van der Waals surface area (Å²) in [7, 11) is 0. The van der Waals surface area contributed by atoms with E-state index in [0.29, 0.717) is 23.3 Å². The molecule has 1 aliphatic heterocycles. The van der Waals surface area contributed by atoms with Crippen molar-refractivity contribution in [3.63, 3.8) is 0 Å². The maximum atomic E-state index is 13.1. The molecule has 1 N–H and O–H groups in total. The second-order valence-corrected chi connectivity index (χ2v) is 8.05. The quantitative estimate of drug-likeness (QED) is 0.191. The van der Waals surface area contributed by atoms with Gasteiger partial charge in [0.2, 0.25) is 0 Å². The molecule has 0 amide bonds. The van der Waals surface area contributed by atoms with Crippen LogP contribution in [0, 0.1) is 30.3 Å². The molecule has 3 aromatic carbocycles. The number of nitrogens with zero attached hydrogens (tertiary/aromatic N) is 5. The van der Waals surface area contributed by atoms with Gasteiger partial charge in [0.25, 0.3) is 5.69 Å². The van der Waals surface area contributed by atoms with Crippen molar-refractivity contribution in [3.8, 4) is 0 Å². The van der Waals surface area contributed by atoms with Gasteiger partial charge in [-0.05, 0) is 16.7 Å². The Labute approximate surface area is 210 Å². The van der Waals surface area contributed by atoms with Crippen molar-refractivity contribution in [1.29, 1.82) is 0 Å². The number of halogens is 3. The van der Waals surface area contributed by atoms with Crippen LogP contribution in [0.15, 0.2) is 70.9 Å². The average molecular weight is 528 g/mol. The SMILES string of the molecule is O=[N+]([O-])c1cc([N+](=O)[O-])c(NCc2ccc(/C=C/c3ccc(C4(C(F)(F)F)N=N4)cc3)cc2)c([N+](=O)[O-])c1. The lowest BCUT2D eigenvalue weighted by Gasteiger charge is -2.14. The number of hydrogen-bond donors (Lipinski definition) is 1. The average Bonchev–Trinajstić information content (AvgIpc) is 3.69. The predicted octanol–water partition coefficient (Wildman–Crippen LogP) is 6.37. The molecular weight excluding hydrogens is 513 g/mol. The summed E-state index contributed by atoms with van der Waals surface area (Å²) in [6.07, 6.45) is -1.21. The third-order valence-electron chi connectivity index (χ3n) is 5.61. The van der Waals surface area contributed by atoms with E-state index in [1.54, 1.807) is 36.4 Å². The second kappa shape index (κ2) is 9.68. The van der Waals surface area contributed by atoms with Crippen LogP contribution in [-0.2, 0) is 12.2 Å². The van der Waals surface area contributed by atoms with Crippen molar-refractivity contribution in [3.05, 3.63) is 113 Å². The van der Waals surface area contributed by atoms with E-state index in [9.17, 15) is 43.5 Å². The molecule has 15 heteroatoms. The highest BCUT2D eigenvalue weighted by atomic mass is 19.4. The first kappa shape index (κ1) is 25.9. The van der Waals surface area contributed by atoms with Crippen LogP contribution in [0.3, 0.4) is 0 Å². The van der Waals surface area contributed by atoms with E-state index in [2.05, 4.69) is 15.5 Å². The zero-order valence-electron chi connectivity index (χ0n) is 19.0. The fraction of sp³-hybridized carbons (Fsp3) is 0.130. The Morgan fingerprint density at radius 1 is 0.789 bits per heavy atom. The molecule has 0 unspecified atom stereocenters. The summed E-state index contributed by atoms with van der Waals surface area (Å²) in [5.74, 6) is 0. The molecule has 0 aliphatic carbocycles. The van der Waals surface area contributed by atoms with Crippen molar-refractivity contribution in [1.82, 2.24) is 0 Å². The summed E-state index contributed by atoms with van der Waals surface area (Å²) in [6, 6.07) is 13.6. The van der Waals surface area contributed by atoms with Gasteiger partial charge < -0.3 is 5.32 Å². The molecule has 0 radical (unpaired) electrons. The first-order valence-electron chi connectivity index (χ1n) is 10.6. The van der Waals surface area contributed by atoms with E-state index in [0.717, 1.165) is 5.56 Å². The minimum absolute atomic E-state index is 0.0536. The Morgan fingerprint density at radius 2 is 1.26 bits per heavy atom. The number of anilines is 1. The molecule has 12 nitrogen and oxygen atoms in total. The van der Waals surface area contributed by atoms with Crippen molar-refractivity contribution in [2.45, 2.75) is 18.4 Å². The normalized spacial score (nSPS) is 13.9. The molecule has 0 saturated carbocycles. The van der Waals surface area contributed by atoms with E-state index in [1.807, 2.05) is 0 Å². The highest BCUT2D eigenvalue weighted by Crippen LogP contribution is 2.52. The standard InChI is InChI=1S/C23H15F3N6O6/c24-23(25,26)22(28-29-22)17-9-7-15(8-10-17)2-1-14-3-5-16(6-4-14)13-27-21-19(31(35)36)11-18(30(33)34)12-20(21)32(37)38/h1-12,27H,13H2/b2-1+. The summed E-state index contributed by atoms with van der Waals surface area (Å²) in [6.45, 7) is -0.0536. The van der Waals surface area contributed by atoms with Crippen LogP contribution in [-0.4, -0.2) is 20.9 Å². The Bertz CT molecular complexity index is 1450. The smallest absolute Gasteiger partial charge is 0.370 e. The Hall–Kier alpha value is -5.21. The van der Waals surface area contributed by atoms with Gasteiger partial charge in [0.15, 0.2) is 5.69 Å². The van der Waals surface area contributed by atoms with Gasteiger partial charge in [0, 0.05) is 12.1 Å². The Kier molecular flexibility index (Phi) is 6.59. The molecule has 0 bridgehead atoms. The molecule has 38 heavy (non-hydrogen) atoms. The van der Waals surface area contributed by atoms with E-state index in [1.165, 1.54) is 24.3 Å². The van der Waals surface area contributed by atoms with Crippen LogP contribution in [0.4, 0.5) is 35.9 Å². The van der Waals surface area contributed by atoms with Gasteiger partial charge in [0.05, 0.1) is 26.9 Å². The van der Waals surface area contributed by atoms with Gasteiger partial charge in [-0.1, -0.05) is 60.7 Å². The first-order valence-corrected chi connectivity index (χ1v) is 10.6. The second-order valence-electron chi connectivity index (χ2n) is 8.05. The van der Waals surface area contributed by atoms with Crippen molar-refractivity contribution in [2.75, 3.05) is 5.32 Å². The lowest BCUT2D eigenvalue weighted by molar-refractivity contribution is -0.401. The van der Waals surface area contributed by atoms with Crippen LogP contribution in [0.1, 0.15) is 22.3 Å². The van der Waals surface area contributed by atoms with Crippen LogP contribution in [0.5, 0.6) is 0 Å². The van der Waals surface area contributed by atoms with E-state index < -0.39 is 49.4 Å². The van der Waals surface area contributed by atoms with Gasteiger partial charge >= 0.3 is 23.2 Å². The van der Waals surface area contributed by atoms with Crippen LogP contribution >= 0.6 is 0 Å². The lowest BCUT2D eigenvalue weighted by atomic mass is 10.0.